The van der Waals surface area contributed by atoms with Crippen molar-refractivity contribution < 1.29 is 14.3 Å². The first-order valence-corrected chi connectivity index (χ1v) is 8.98. The molecule has 1 aromatic carbocycles. The fourth-order valence-electron chi connectivity index (χ4n) is 2.88. The molecule has 6 heteroatoms. The molecule has 0 atom stereocenters. The number of likely N-dealkylation sites (tertiary alicyclic amines) is 1. The van der Waals surface area contributed by atoms with Crippen LogP contribution in [0.2, 0.25) is 0 Å². The Morgan fingerprint density at radius 1 is 1.28 bits per heavy atom. The summed E-state index contributed by atoms with van der Waals surface area (Å²) in [5, 5.41) is 5.78. The summed E-state index contributed by atoms with van der Waals surface area (Å²) in [6.45, 7) is 8.13. The van der Waals surface area contributed by atoms with Gasteiger partial charge in [0.2, 0.25) is 5.91 Å². The Kier molecular flexibility index (Phi) is 7.10. The predicted molar refractivity (Wildman–Crippen MR) is 97.6 cm³/mol. The molecule has 3 amide bonds. The number of nitrogens with zero attached hydrogens (tertiary/aromatic N) is 1. The molecule has 1 heterocycles. The van der Waals surface area contributed by atoms with Gasteiger partial charge in [-0.2, -0.15) is 0 Å². The molecule has 0 aromatic heterocycles. The molecular weight excluding hydrogens is 318 g/mol. The highest BCUT2D eigenvalue weighted by molar-refractivity contribution is 5.78. The van der Waals surface area contributed by atoms with E-state index in [1.165, 1.54) is 0 Å². The van der Waals surface area contributed by atoms with Crippen molar-refractivity contribution in [2.45, 2.75) is 39.7 Å². The average molecular weight is 347 g/mol. The standard InChI is InChI=1S/C19H29N3O3/c1-14(2)18(23)22-10-7-16(8-11-22)21-19(24)20-9-12-25-17-6-4-5-15(3)13-17/h4-6,13-14,16H,7-12H2,1-3H3,(H2,20,21,24). The fourth-order valence-corrected chi connectivity index (χ4v) is 2.88. The summed E-state index contributed by atoms with van der Waals surface area (Å²) in [5.74, 6) is 1.03. The fraction of sp³-hybridized carbons (Fsp3) is 0.579. The lowest BCUT2D eigenvalue weighted by Gasteiger charge is -2.33. The second-order valence-electron chi connectivity index (χ2n) is 6.82. The number of nitrogens with one attached hydrogen (secondary N) is 2. The van der Waals surface area contributed by atoms with Gasteiger partial charge in [0, 0.05) is 25.0 Å². The third kappa shape index (κ3) is 6.29. The number of rotatable bonds is 6. The van der Waals surface area contributed by atoms with E-state index >= 15 is 0 Å². The smallest absolute Gasteiger partial charge is 0.315 e. The number of hydrogen-bond acceptors (Lipinski definition) is 3. The molecule has 2 N–H and O–H groups in total. The maximum absolute atomic E-state index is 12.0. The first-order chi connectivity index (χ1) is 12.0. The summed E-state index contributed by atoms with van der Waals surface area (Å²) in [7, 11) is 0. The molecule has 1 aromatic rings. The molecule has 1 fully saturated rings. The lowest BCUT2D eigenvalue weighted by molar-refractivity contribution is -0.135. The Balaban J connectivity index is 1.60. The summed E-state index contributed by atoms with van der Waals surface area (Å²) in [6.07, 6.45) is 1.59. The van der Waals surface area contributed by atoms with E-state index in [0.29, 0.717) is 26.2 Å². The van der Waals surface area contributed by atoms with Crippen molar-refractivity contribution in [1.29, 1.82) is 0 Å². The first kappa shape index (κ1) is 19.1. The van der Waals surface area contributed by atoms with Gasteiger partial charge in [-0.1, -0.05) is 26.0 Å². The van der Waals surface area contributed by atoms with E-state index in [2.05, 4.69) is 10.6 Å². The molecule has 2 rings (SSSR count). The van der Waals surface area contributed by atoms with Crippen LogP contribution >= 0.6 is 0 Å². The van der Waals surface area contributed by atoms with Crippen LogP contribution < -0.4 is 15.4 Å². The normalized spacial score (nSPS) is 15.1. The lowest BCUT2D eigenvalue weighted by Crippen LogP contribution is -2.50. The maximum atomic E-state index is 12.0. The van der Waals surface area contributed by atoms with E-state index in [4.69, 9.17) is 4.74 Å². The van der Waals surface area contributed by atoms with Gasteiger partial charge >= 0.3 is 6.03 Å². The van der Waals surface area contributed by atoms with Crippen molar-refractivity contribution in [3.8, 4) is 5.75 Å². The first-order valence-electron chi connectivity index (χ1n) is 8.98. The Hall–Kier alpha value is -2.24. The summed E-state index contributed by atoms with van der Waals surface area (Å²) in [4.78, 5) is 25.8. The zero-order valence-electron chi connectivity index (χ0n) is 15.4. The Morgan fingerprint density at radius 3 is 2.64 bits per heavy atom. The zero-order valence-corrected chi connectivity index (χ0v) is 15.4. The number of aryl methyl sites for hydroxylation is 1. The topological polar surface area (TPSA) is 70.7 Å². The largest absolute Gasteiger partial charge is 0.492 e. The Morgan fingerprint density at radius 2 is 2.00 bits per heavy atom. The van der Waals surface area contributed by atoms with Crippen LogP contribution in [0.15, 0.2) is 24.3 Å². The van der Waals surface area contributed by atoms with Gasteiger partial charge in [-0.3, -0.25) is 4.79 Å². The van der Waals surface area contributed by atoms with E-state index in [-0.39, 0.29) is 23.9 Å². The SMILES string of the molecule is Cc1cccc(OCCNC(=O)NC2CCN(C(=O)C(C)C)CC2)c1. The third-order valence-corrected chi connectivity index (χ3v) is 4.28. The van der Waals surface area contributed by atoms with Gasteiger partial charge in [-0.05, 0) is 37.5 Å². The number of piperidine rings is 1. The molecule has 1 aliphatic rings. The van der Waals surface area contributed by atoms with Crippen LogP contribution in [-0.2, 0) is 4.79 Å². The number of benzene rings is 1. The molecular formula is C19H29N3O3. The molecule has 0 spiro atoms. The van der Waals surface area contributed by atoms with Crippen molar-refractivity contribution in [2.75, 3.05) is 26.2 Å². The van der Waals surface area contributed by atoms with Crippen LogP contribution in [0, 0.1) is 12.8 Å². The van der Waals surface area contributed by atoms with E-state index in [0.717, 1.165) is 24.2 Å². The van der Waals surface area contributed by atoms with Gasteiger partial charge in [-0.15, -0.1) is 0 Å². The molecule has 0 aliphatic carbocycles. The zero-order chi connectivity index (χ0) is 18.2. The molecule has 0 bridgehead atoms. The molecule has 6 nitrogen and oxygen atoms in total. The number of ether oxygens (including phenoxy) is 1. The van der Waals surface area contributed by atoms with Crippen molar-refractivity contribution in [1.82, 2.24) is 15.5 Å². The van der Waals surface area contributed by atoms with E-state index in [1.807, 2.05) is 49.9 Å². The summed E-state index contributed by atoms with van der Waals surface area (Å²) in [6, 6.07) is 7.76. The monoisotopic (exact) mass is 347 g/mol. The number of hydrogen-bond donors (Lipinski definition) is 2. The van der Waals surface area contributed by atoms with E-state index in [1.54, 1.807) is 0 Å². The van der Waals surface area contributed by atoms with Crippen LogP contribution in [0.1, 0.15) is 32.3 Å². The van der Waals surface area contributed by atoms with Crippen LogP contribution in [0.25, 0.3) is 0 Å². The summed E-state index contributed by atoms with van der Waals surface area (Å²) in [5.41, 5.74) is 1.14. The van der Waals surface area contributed by atoms with Gasteiger partial charge in [-0.25, -0.2) is 4.79 Å². The van der Waals surface area contributed by atoms with Gasteiger partial charge in [0.15, 0.2) is 0 Å². The molecule has 0 saturated carbocycles. The number of urea groups is 1. The number of amides is 3. The molecule has 1 saturated heterocycles. The van der Waals surface area contributed by atoms with Crippen molar-refractivity contribution in [3.63, 3.8) is 0 Å². The van der Waals surface area contributed by atoms with Gasteiger partial charge < -0.3 is 20.3 Å². The molecule has 0 radical (unpaired) electrons. The van der Waals surface area contributed by atoms with Gasteiger partial charge in [0.1, 0.15) is 12.4 Å². The van der Waals surface area contributed by atoms with Crippen molar-refractivity contribution in [2.24, 2.45) is 5.92 Å². The summed E-state index contributed by atoms with van der Waals surface area (Å²) < 4.78 is 5.60. The van der Waals surface area contributed by atoms with Gasteiger partial charge in [0.05, 0.1) is 6.54 Å². The number of carbonyl (C=O) groups is 2. The predicted octanol–water partition coefficient (Wildman–Crippen LogP) is 2.32. The lowest BCUT2D eigenvalue weighted by atomic mass is 10.0. The number of carbonyl (C=O) groups excluding carboxylic acids is 2. The highest BCUT2D eigenvalue weighted by atomic mass is 16.5. The molecule has 25 heavy (non-hydrogen) atoms. The Bertz CT molecular complexity index is 581. The second kappa shape index (κ2) is 9.30. The van der Waals surface area contributed by atoms with E-state index < -0.39 is 0 Å². The minimum absolute atomic E-state index is 0.0289. The molecule has 0 unspecified atom stereocenters. The van der Waals surface area contributed by atoms with Crippen LogP contribution in [0.5, 0.6) is 5.75 Å². The Labute approximate surface area is 149 Å². The van der Waals surface area contributed by atoms with E-state index in [9.17, 15) is 9.59 Å². The maximum Gasteiger partial charge on any atom is 0.315 e. The van der Waals surface area contributed by atoms with Crippen LogP contribution in [0.4, 0.5) is 4.79 Å². The molecule has 1 aliphatic heterocycles. The van der Waals surface area contributed by atoms with Crippen LogP contribution in [0.3, 0.4) is 0 Å². The summed E-state index contributed by atoms with van der Waals surface area (Å²) >= 11 is 0. The third-order valence-electron chi connectivity index (χ3n) is 4.28. The minimum Gasteiger partial charge on any atom is -0.492 e. The second-order valence-corrected chi connectivity index (χ2v) is 6.82. The van der Waals surface area contributed by atoms with Crippen LogP contribution in [-0.4, -0.2) is 49.1 Å². The van der Waals surface area contributed by atoms with Crippen molar-refractivity contribution in [3.05, 3.63) is 29.8 Å². The minimum atomic E-state index is -0.179. The van der Waals surface area contributed by atoms with Gasteiger partial charge in [0.25, 0.3) is 0 Å². The average Bonchev–Trinajstić information content (AvgIpc) is 2.59. The molecule has 138 valence electrons. The highest BCUT2D eigenvalue weighted by Crippen LogP contribution is 2.13. The van der Waals surface area contributed by atoms with Crippen molar-refractivity contribution >= 4 is 11.9 Å². The quantitative estimate of drug-likeness (QED) is 0.776. The highest BCUT2D eigenvalue weighted by Gasteiger charge is 2.24.